The van der Waals surface area contributed by atoms with Gasteiger partial charge in [-0.05, 0) is 44.9 Å². The average Bonchev–Trinajstić information content (AvgIpc) is 2.46. The zero-order chi connectivity index (χ0) is 14.5. The van der Waals surface area contributed by atoms with Crippen LogP contribution in [-0.4, -0.2) is 37.8 Å². The number of rotatable bonds is 5. The van der Waals surface area contributed by atoms with Gasteiger partial charge in [-0.15, -0.1) is 0 Å². The largest absolute Gasteiger partial charge is 0.381 e. The first-order valence-electron chi connectivity index (χ1n) is 7.62. The Labute approximate surface area is 122 Å². The standard InChI is InChI=1S/C16H27N3O/c1-5-17-11-15-12(2)10-13(3)18-16(15)19(4)14-6-8-20-9-7-14/h10,14,17H,5-9,11H2,1-4H3. The number of pyridine rings is 1. The third kappa shape index (κ3) is 3.49. The summed E-state index contributed by atoms with van der Waals surface area (Å²) in [6.07, 6.45) is 2.18. The molecule has 2 heterocycles. The molecule has 1 fully saturated rings. The van der Waals surface area contributed by atoms with E-state index in [0.717, 1.165) is 50.7 Å². The second-order valence-electron chi connectivity index (χ2n) is 5.62. The van der Waals surface area contributed by atoms with E-state index in [2.05, 4.69) is 44.1 Å². The topological polar surface area (TPSA) is 37.4 Å². The molecule has 0 bridgehead atoms. The molecule has 1 N–H and O–H groups in total. The summed E-state index contributed by atoms with van der Waals surface area (Å²) in [4.78, 5) is 7.16. The molecule has 0 aromatic carbocycles. The molecule has 1 aromatic heterocycles. The number of aromatic nitrogens is 1. The molecule has 0 saturated carbocycles. The normalized spacial score (nSPS) is 16.4. The highest BCUT2D eigenvalue weighted by Gasteiger charge is 2.22. The smallest absolute Gasteiger partial charge is 0.133 e. The summed E-state index contributed by atoms with van der Waals surface area (Å²) in [5.41, 5.74) is 3.75. The molecule has 20 heavy (non-hydrogen) atoms. The lowest BCUT2D eigenvalue weighted by atomic mass is 10.0. The molecule has 0 unspecified atom stereocenters. The van der Waals surface area contributed by atoms with Gasteiger partial charge in [-0.1, -0.05) is 6.92 Å². The first-order valence-corrected chi connectivity index (χ1v) is 7.62. The van der Waals surface area contributed by atoms with E-state index < -0.39 is 0 Å². The molecule has 2 rings (SSSR count). The van der Waals surface area contributed by atoms with Crippen molar-refractivity contribution >= 4 is 5.82 Å². The lowest BCUT2D eigenvalue weighted by Gasteiger charge is -2.34. The Kier molecular flexibility index (Phi) is 5.38. The van der Waals surface area contributed by atoms with Crippen LogP contribution >= 0.6 is 0 Å². The van der Waals surface area contributed by atoms with E-state index in [1.54, 1.807) is 0 Å². The first kappa shape index (κ1) is 15.3. The summed E-state index contributed by atoms with van der Waals surface area (Å²) in [7, 11) is 2.17. The number of nitrogens with one attached hydrogen (secondary N) is 1. The zero-order valence-electron chi connectivity index (χ0n) is 13.2. The maximum Gasteiger partial charge on any atom is 0.133 e. The van der Waals surface area contributed by atoms with E-state index in [0.29, 0.717) is 6.04 Å². The van der Waals surface area contributed by atoms with Crippen molar-refractivity contribution in [1.82, 2.24) is 10.3 Å². The van der Waals surface area contributed by atoms with Gasteiger partial charge in [-0.25, -0.2) is 4.98 Å². The SMILES string of the molecule is CCNCc1c(C)cc(C)nc1N(C)C1CCOCC1. The van der Waals surface area contributed by atoms with Crippen molar-refractivity contribution in [1.29, 1.82) is 0 Å². The van der Waals surface area contributed by atoms with Crippen molar-refractivity contribution in [3.05, 3.63) is 22.9 Å². The van der Waals surface area contributed by atoms with Crippen LogP contribution in [0.4, 0.5) is 5.82 Å². The van der Waals surface area contributed by atoms with Crippen molar-refractivity contribution in [2.45, 2.75) is 46.2 Å². The predicted octanol–water partition coefficient (Wildman–Crippen LogP) is 2.42. The summed E-state index contributed by atoms with van der Waals surface area (Å²) >= 11 is 0. The summed E-state index contributed by atoms with van der Waals surface area (Å²) in [6, 6.07) is 2.71. The molecule has 1 aromatic rings. The third-order valence-corrected chi connectivity index (χ3v) is 4.08. The summed E-state index contributed by atoms with van der Waals surface area (Å²) in [5.74, 6) is 1.13. The highest BCUT2D eigenvalue weighted by Crippen LogP contribution is 2.26. The van der Waals surface area contributed by atoms with Crippen molar-refractivity contribution < 1.29 is 4.74 Å². The number of anilines is 1. The van der Waals surface area contributed by atoms with E-state index in [-0.39, 0.29) is 0 Å². The van der Waals surface area contributed by atoms with Crippen LogP contribution in [-0.2, 0) is 11.3 Å². The number of ether oxygens (including phenoxy) is 1. The van der Waals surface area contributed by atoms with Crippen molar-refractivity contribution in [3.8, 4) is 0 Å². The Bertz CT molecular complexity index is 442. The second-order valence-corrected chi connectivity index (χ2v) is 5.62. The quantitative estimate of drug-likeness (QED) is 0.897. The van der Waals surface area contributed by atoms with Crippen LogP contribution in [0.1, 0.15) is 36.6 Å². The maximum absolute atomic E-state index is 5.47. The third-order valence-electron chi connectivity index (χ3n) is 4.08. The number of nitrogens with zero attached hydrogens (tertiary/aromatic N) is 2. The molecule has 4 heteroatoms. The lowest BCUT2D eigenvalue weighted by Crippen LogP contribution is -2.38. The van der Waals surface area contributed by atoms with Gasteiger partial charge < -0.3 is 15.0 Å². The molecule has 1 aliphatic heterocycles. The van der Waals surface area contributed by atoms with Gasteiger partial charge in [0.2, 0.25) is 0 Å². The Morgan fingerprint density at radius 2 is 2.05 bits per heavy atom. The first-order chi connectivity index (χ1) is 9.63. The van der Waals surface area contributed by atoms with Gasteiger partial charge >= 0.3 is 0 Å². The van der Waals surface area contributed by atoms with Crippen LogP contribution in [0.5, 0.6) is 0 Å². The Balaban J connectivity index is 2.27. The monoisotopic (exact) mass is 277 g/mol. The minimum absolute atomic E-state index is 0.540. The summed E-state index contributed by atoms with van der Waals surface area (Å²) in [5, 5.41) is 3.43. The molecule has 0 atom stereocenters. The molecule has 1 aliphatic rings. The van der Waals surface area contributed by atoms with Crippen molar-refractivity contribution in [3.63, 3.8) is 0 Å². The van der Waals surface area contributed by atoms with Crippen LogP contribution in [0.25, 0.3) is 0 Å². The summed E-state index contributed by atoms with van der Waals surface area (Å²) < 4.78 is 5.47. The van der Waals surface area contributed by atoms with Crippen LogP contribution < -0.4 is 10.2 Å². The minimum Gasteiger partial charge on any atom is -0.381 e. The molecular weight excluding hydrogens is 250 g/mol. The van der Waals surface area contributed by atoms with E-state index in [4.69, 9.17) is 9.72 Å². The predicted molar refractivity (Wildman–Crippen MR) is 83.3 cm³/mol. The van der Waals surface area contributed by atoms with Gasteiger partial charge in [-0.3, -0.25) is 0 Å². The minimum atomic E-state index is 0.540. The fraction of sp³-hybridized carbons (Fsp3) is 0.688. The highest BCUT2D eigenvalue weighted by atomic mass is 16.5. The van der Waals surface area contributed by atoms with Crippen LogP contribution in [0.15, 0.2) is 6.07 Å². The van der Waals surface area contributed by atoms with E-state index in [1.165, 1.54) is 11.1 Å². The summed E-state index contributed by atoms with van der Waals surface area (Å²) in [6.45, 7) is 9.99. The van der Waals surface area contributed by atoms with Crippen LogP contribution in [0, 0.1) is 13.8 Å². The van der Waals surface area contributed by atoms with Gasteiger partial charge in [0.1, 0.15) is 5.82 Å². The van der Waals surface area contributed by atoms with Gasteiger partial charge in [0.25, 0.3) is 0 Å². The van der Waals surface area contributed by atoms with Crippen LogP contribution in [0.2, 0.25) is 0 Å². The fourth-order valence-electron chi connectivity index (χ4n) is 2.85. The van der Waals surface area contributed by atoms with Gasteiger partial charge in [0.05, 0.1) is 0 Å². The average molecular weight is 277 g/mol. The highest BCUT2D eigenvalue weighted by molar-refractivity contribution is 5.52. The van der Waals surface area contributed by atoms with E-state index in [9.17, 15) is 0 Å². The van der Waals surface area contributed by atoms with Crippen LogP contribution in [0.3, 0.4) is 0 Å². The molecular formula is C16H27N3O. The number of aryl methyl sites for hydroxylation is 2. The molecule has 4 nitrogen and oxygen atoms in total. The Morgan fingerprint density at radius 3 is 2.70 bits per heavy atom. The lowest BCUT2D eigenvalue weighted by molar-refractivity contribution is 0.0853. The maximum atomic E-state index is 5.47. The molecule has 0 spiro atoms. The van der Waals surface area contributed by atoms with Gasteiger partial charge in [0, 0.05) is 44.1 Å². The molecule has 0 aliphatic carbocycles. The Hall–Kier alpha value is -1.13. The van der Waals surface area contributed by atoms with Crippen molar-refractivity contribution in [2.24, 2.45) is 0 Å². The molecule has 0 amide bonds. The van der Waals surface area contributed by atoms with Gasteiger partial charge in [-0.2, -0.15) is 0 Å². The zero-order valence-corrected chi connectivity index (χ0v) is 13.2. The molecule has 1 saturated heterocycles. The molecule has 0 radical (unpaired) electrons. The Morgan fingerprint density at radius 1 is 1.35 bits per heavy atom. The van der Waals surface area contributed by atoms with E-state index in [1.807, 2.05) is 0 Å². The van der Waals surface area contributed by atoms with Gasteiger partial charge in [0.15, 0.2) is 0 Å². The number of hydrogen-bond donors (Lipinski definition) is 1. The number of hydrogen-bond acceptors (Lipinski definition) is 4. The molecule has 112 valence electrons. The fourth-order valence-corrected chi connectivity index (χ4v) is 2.85. The van der Waals surface area contributed by atoms with E-state index >= 15 is 0 Å². The van der Waals surface area contributed by atoms with Crippen molar-refractivity contribution in [2.75, 3.05) is 31.7 Å². The second kappa shape index (κ2) is 7.04.